The number of carbonyl (C=O) groups excluding carboxylic acids is 4. The predicted molar refractivity (Wildman–Crippen MR) is 126 cm³/mol. The lowest BCUT2D eigenvalue weighted by Gasteiger charge is -2.20. The highest BCUT2D eigenvalue weighted by molar-refractivity contribution is 8.00. The van der Waals surface area contributed by atoms with E-state index in [-0.39, 0.29) is 30.1 Å². The van der Waals surface area contributed by atoms with Crippen molar-refractivity contribution in [1.82, 2.24) is 0 Å². The Kier molecular flexibility index (Phi) is 7.13. The van der Waals surface area contributed by atoms with Crippen LogP contribution in [0.1, 0.15) is 48.9 Å². The predicted octanol–water partition coefficient (Wildman–Crippen LogP) is 4.42. The summed E-state index contributed by atoms with van der Waals surface area (Å²) in [6.07, 6.45) is 5.40. The molecule has 33 heavy (non-hydrogen) atoms. The third-order valence-electron chi connectivity index (χ3n) is 6.03. The van der Waals surface area contributed by atoms with E-state index in [4.69, 9.17) is 0 Å². The third kappa shape index (κ3) is 5.27. The van der Waals surface area contributed by atoms with Gasteiger partial charge in [-0.3, -0.25) is 14.4 Å². The number of thioether (sulfide) groups is 1. The maximum Gasteiger partial charge on any atom is 0.337 e. The SMILES string of the molecule is COC(=O)c1ccc(N2C(=O)CC(Sc3ccc(NC(=O)C4CCCCC4)cc3)C2=O)cc1. The number of anilines is 2. The number of hydrogen-bond acceptors (Lipinski definition) is 6. The second kappa shape index (κ2) is 10.2. The highest BCUT2D eigenvalue weighted by atomic mass is 32.2. The van der Waals surface area contributed by atoms with Crippen LogP contribution in [-0.2, 0) is 19.1 Å². The highest BCUT2D eigenvalue weighted by Gasteiger charge is 2.40. The fraction of sp³-hybridized carbons (Fsp3) is 0.360. The zero-order chi connectivity index (χ0) is 23.4. The molecule has 1 saturated heterocycles. The monoisotopic (exact) mass is 466 g/mol. The molecule has 0 radical (unpaired) electrons. The van der Waals surface area contributed by atoms with E-state index in [1.165, 1.54) is 37.4 Å². The minimum atomic E-state index is -0.527. The molecule has 1 atom stereocenters. The third-order valence-corrected chi connectivity index (χ3v) is 7.23. The molecule has 1 saturated carbocycles. The molecule has 3 amide bonds. The van der Waals surface area contributed by atoms with Crippen molar-refractivity contribution in [2.75, 3.05) is 17.3 Å². The van der Waals surface area contributed by atoms with E-state index in [1.807, 2.05) is 24.3 Å². The molecule has 0 aromatic heterocycles. The van der Waals surface area contributed by atoms with E-state index in [2.05, 4.69) is 10.1 Å². The first-order chi connectivity index (χ1) is 16.0. The van der Waals surface area contributed by atoms with Crippen LogP contribution in [0, 0.1) is 5.92 Å². The Labute approximate surface area is 196 Å². The Hall–Kier alpha value is -3.13. The first kappa shape index (κ1) is 23.0. The van der Waals surface area contributed by atoms with Crippen LogP contribution in [0.2, 0.25) is 0 Å². The van der Waals surface area contributed by atoms with Gasteiger partial charge < -0.3 is 10.1 Å². The van der Waals surface area contributed by atoms with Crippen LogP contribution in [0.5, 0.6) is 0 Å². The molecule has 1 unspecified atom stereocenters. The van der Waals surface area contributed by atoms with Crippen molar-refractivity contribution in [2.45, 2.75) is 48.7 Å². The minimum absolute atomic E-state index is 0.0699. The molecule has 2 aromatic rings. The van der Waals surface area contributed by atoms with Crippen molar-refractivity contribution in [3.05, 3.63) is 54.1 Å². The van der Waals surface area contributed by atoms with Gasteiger partial charge >= 0.3 is 5.97 Å². The molecule has 1 aliphatic carbocycles. The number of nitrogens with zero attached hydrogens (tertiary/aromatic N) is 1. The number of amides is 3. The summed E-state index contributed by atoms with van der Waals surface area (Å²) in [7, 11) is 1.29. The minimum Gasteiger partial charge on any atom is -0.465 e. The molecule has 2 fully saturated rings. The Balaban J connectivity index is 1.37. The van der Waals surface area contributed by atoms with Crippen LogP contribution in [-0.4, -0.2) is 36.1 Å². The molecule has 7 nitrogen and oxygen atoms in total. The Morgan fingerprint density at radius 1 is 0.970 bits per heavy atom. The van der Waals surface area contributed by atoms with Crippen LogP contribution in [0.4, 0.5) is 11.4 Å². The van der Waals surface area contributed by atoms with Gasteiger partial charge in [0.2, 0.25) is 17.7 Å². The maximum absolute atomic E-state index is 12.9. The zero-order valence-corrected chi connectivity index (χ0v) is 19.2. The van der Waals surface area contributed by atoms with Gasteiger partial charge in [-0.2, -0.15) is 0 Å². The van der Waals surface area contributed by atoms with Crippen LogP contribution in [0.15, 0.2) is 53.4 Å². The van der Waals surface area contributed by atoms with Gasteiger partial charge in [0.15, 0.2) is 0 Å². The summed E-state index contributed by atoms with van der Waals surface area (Å²) in [5.74, 6) is -0.888. The number of rotatable bonds is 6. The maximum atomic E-state index is 12.9. The average molecular weight is 467 g/mol. The van der Waals surface area contributed by atoms with Crippen LogP contribution in [0.25, 0.3) is 0 Å². The summed E-state index contributed by atoms with van der Waals surface area (Å²) in [5, 5.41) is 2.46. The highest BCUT2D eigenvalue weighted by Crippen LogP contribution is 2.34. The summed E-state index contributed by atoms with van der Waals surface area (Å²) in [4.78, 5) is 51.5. The smallest absolute Gasteiger partial charge is 0.337 e. The largest absolute Gasteiger partial charge is 0.465 e. The fourth-order valence-corrected chi connectivity index (χ4v) is 5.28. The van der Waals surface area contributed by atoms with Gasteiger partial charge in [-0.15, -0.1) is 11.8 Å². The number of hydrogen-bond donors (Lipinski definition) is 1. The number of nitrogens with one attached hydrogen (secondary N) is 1. The Morgan fingerprint density at radius 2 is 1.64 bits per heavy atom. The lowest BCUT2D eigenvalue weighted by molar-refractivity contribution is -0.122. The zero-order valence-electron chi connectivity index (χ0n) is 18.4. The molecule has 2 aliphatic rings. The summed E-state index contributed by atoms with van der Waals surface area (Å²) >= 11 is 1.33. The molecule has 172 valence electrons. The van der Waals surface area contributed by atoms with Crippen molar-refractivity contribution in [3.8, 4) is 0 Å². The summed E-state index contributed by atoms with van der Waals surface area (Å²) < 4.78 is 4.67. The number of ether oxygens (including phenoxy) is 1. The van der Waals surface area contributed by atoms with E-state index in [0.717, 1.165) is 41.2 Å². The standard InChI is InChI=1S/C25H26N2O5S/c1-32-25(31)17-7-11-19(12-8-17)27-22(28)15-21(24(27)30)33-20-13-9-18(10-14-20)26-23(29)16-5-3-2-4-6-16/h7-14,16,21H,2-6,15H2,1H3,(H,26,29). The van der Waals surface area contributed by atoms with Crippen molar-refractivity contribution in [3.63, 3.8) is 0 Å². The van der Waals surface area contributed by atoms with E-state index in [1.54, 1.807) is 12.1 Å². The Morgan fingerprint density at radius 3 is 2.27 bits per heavy atom. The van der Waals surface area contributed by atoms with E-state index in [9.17, 15) is 19.2 Å². The fourth-order valence-electron chi connectivity index (χ4n) is 4.22. The first-order valence-corrected chi connectivity index (χ1v) is 12.0. The number of carbonyl (C=O) groups is 4. The second-order valence-corrected chi connectivity index (χ2v) is 9.54. The summed E-state index contributed by atoms with van der Waals surface area (Å²) in [5.41, 5.74) is 1.51. The average Bonchev–Trinajstić information content (AvgIpc) is 3.12. The van der Waals surface area contributed by atoms with Gasteiger partial charge in [-0.05, 0) is 61.4 Å². The quantitative estimate of drug-likeness (QED) is 0.501. The number of esters is 1. The molecule has 8 heteroatoms. The summed E-state index contributed by atoms with van der Waals surface area (Å²) in [6, 6.07) is 13.6. The van der Waals surface area contributed by atoms with Gasteiger partial charge in [0, 0.05) is 22.9 Å². The van der Waals surface area contributed by atoms with Crippen LogP contribution in [0.3, 0.4) is 0 Å². The lowest BCUT2D eigenvalue weighted by Crippen LogP contribution is -2.31. The van der Waals surface area contributed by atoms with E-state index in [0.29, 0.717) is 11.3 Å². The number of benzene rings is 2. The van der Waals surface area contributed by atoms with Crippen molar-refractivity contribution < 1.29 is 23.9 Å². The topological polar surface area (TPSA) is 92.8 Å². The van der Waals surface area contributed by atoms with Crippen LogP contribution >= 0.6 is 11.8 Å². The molecule has 1 aliphatic heterocycles. The van der Waals surface area contributed by atoms with Crippen molar-refractivity contribution >= 4 is 46.8 Å². The molecular formula is C25H26N2O5S. The van der Waals surface area contributed by atoms with Gasteiger partial charge in [0.25, 0.3) is 0 Å². The van der Waals surface area contributed by atoms with Crippen molar-refractivity contribution in [2.24, 2.45) is 5.92 Å². The molecule has 0 spiro atoms. The molecule has 2 aromatic carbocycles. The van der Waals surface area contributed by atoms with Crippen LogP contribution < -0.4 is 10.2 Å². The van der Waals surface area contributed by atoms with Gasteiger partial charge in [0.05, 0.1) is 23.6 Å². The molecule has 4 rings (SSSR count). The summed E-state index contributed by atoms with van der Waals surface area (Å²) in [6.45, 7) is 0. The first-order valence-electron chi connectivity index (χ1n) is 11.1. The van der Waals surface area contributed by atoms with E-state index < -0.39 is 11.2 Å². The van der Waals surface area contributed by atoms with E-state index >= 15 is 0 Å². The van der Waals surface area contributed by atoms with Crippen molar-refractivity contribution in [1.29, 1.82) is 0 Å². The second-order valence-electron chi connectivity index (χ2n) is 8.27. The lowest BCUT2D eigenvalue weighted by atomic mass is 9.88. The van der Waals surface area contributed by atoms with Gasteiger partial charge in [0.1, 0.15) is 0 Å². The molecule has 1 heterocycles. The van der Waals surface area contributed by atoms with Gasteiger partial charge in [-0.1, -0.05) is 19.3 Å². The normalized spacial score (nSPS) is 18.9. The molecular weight excluding hydrogens is 440 g/mol. The molecule has 0 bridgehead atoms. The van der Waals surface area contributed by atoms with Gasteiger partial charge in [-0.25, -0.2) is 9.69 Å². The Bertz CT molecular complexity index is 1050. The molecule has 1 N–H and O–H groups in total. The number of imide groups is 1. The number of methoxy groups -OCH3 is 1.